The number of nitrogens with zero attached hydrogens (tertiary/aromatic N) is 1. The van der Waals surface area contributed by atoms with E-state index in [9.17, 15) is 0 Å². The van der Waals surface area contributed by atoms with Crippen LogP contribution in [-0.2, 0) is 11.3 Å². The maximum absolute atomic E-state index is 5.69. The van der Waals surface area contributed by atoms with E-state index in [-0.39, 0.29) is 0 Å². The van der Waals surface area contributed by atoms with Crippen molar-refractivity contribution >= 4 is 15.9 Å². The van der Waals surface area contributed by atoms with E-state index in [4.69, 9.17) is 9.47 Å². The second-order valence-corrected chi connectivity index (χ2v) is 5.65. The number of ether oxygens (including phenoxy) is 2. The van der Waals surface area contributed by atoms with Crippen molar-refractivity contribution in [2.24, 2.45) is 0 Å². The summed E-state index contributed by atoms with van der Waals surface area (Å²) in [6, 6.07) is 2.74. The highest BCUT2D eigenvalue weighted by Crippen LogP contribution is 2.23. The van der Waals surface area contributed by atoms with Gasteiger partial charge < -0.3 is 14.8 Å². The molecular formula is C14H21BrN2O2. The van der Waals surface area contributed by atoms with Crippen LogP contribution in [-0.4, -0.2) is 30.8 Å². The average Bonchev–Trinajstić information content (AvgIpc) is 3.22. The molecule has 1 aliphatic rings. The van der Waals surface area contributed by atoms with E-state index in [1.54, 1.807) is 6.20 Å². The lowest BCUT2D eigenvalue weighted by atomic mass is 10.2. The smallest absolute Gasteiger partial charge is 0.217 e. The van der Waals surface area contributed by atoms with Crippen molar-refractivity contribution in [2.45, 2.75) is 38.8 Å². The minimum atomic E-state index is 0.547. The molecule has 0 amide bonds. The van der Waals surface area contributed by atoms with Crippen molar-refractivity contribution in [3.63, 3.8) is 0 Å². The minimum Gasteiger partial charge on any atom is -0.475 e. The van der Waals surface area contributed by atoms with Gasteiger partial charge in [-0.15, -0.1) is 0 Å². The number of hydrogen-bond acceptors (Lipinski definition) is 4. The molecule has 0 radical (unpaired) electrons. The van der Waals surface area contributed by atoms with Gasteiger partial charge in [-0.2, -0.15) is 0 Å². The van der Waals surface area contributed by atoms with Gasteiger partial charge in [0.2, 0.25) is 5.88 Å². The second kappa shape index (κ2) is 7.82. The molecule has 0 unspecified atom stereocenters. The Morgan fingerprint density at radius 2 is 2.21 bits per heavy atom. The Hall–Kier alpha value is -0.650. The molecule has 0 bridgehead atoms. The van der Waals surface area contributed by atoms with Gasteiger partial charge in [-0.25, -0.2) is 4.98 Å². The summed E-state index contributed by atoms with van der Waals surface area (Å²) in [7, 11) is 0. The van der Waals surface area contributed by atoms with Crippen LogP contribution in [0.2, 0.25) is 0 Å². The van der Waals surface area contributed by atoms with E-state index in [0.29, 0.717) is 25.1 Å². The number of aromatic nitrogens is 1. The Kier molecular flexibility index (Phi) is 6.07. The fourth-order valence-electron chi connectivity index (χ4n) is 1.71. The SMILES string of the molecule is CCCOCCOc1ncc(Br)cc1CNC1CC1. The van der Waals surface area contributed by atoms with E-state index in [2.05, 4.69) is 39.2 Å². The predicted octanol–water partition coefficient (Wildman–Crippen LogP) is 2.90. The standard InChI is InChI=1S/C14H21BrN2O2/c1-2-5-18-6-7-19-14-11(8-12(15)10-17-14)9-16-13-3-4-13/h8,10,13,16H,2-7,9H2,1H3. The highest BCUT2D eigenvalue weighted by atomic mass is 79.9. The van der Waals surface area contributed by atoms with Crippen molar-refractivity contribution in [3.05, 3.63) is 22.3 Å². The first kappa shape index (κ1) is 14.8. The van der Waals surface area contributed by atoms with E-state index < -0.39 is 0 Å². The van der Waals surface area contributed by atoms with Crippen LogP contribution in [0.15, 0.2) is 16.7 Å². The Labute approximate surface area is 123 Å². The van der Waals surface area contributed by atoms with Crippen LogP contribution in [0.4, 0.5) is 0 Å². The second-order valence-electron chi connectivity index (χ2n) is 4.73. The Morgan fingerprint density at radius 3 is 2.95 bits per heavy atom. The highest BCUT2D eigenvalue weighted by molar-refractivity contribution is 9.10. The monoisotopic (exact) mass is 328 g/mol. The van der Waals surface area contributed by atoms with Crippen LogP contribution < -0.4 is 10.1 Å². The molecule has 1 fully saturated rings. The number of hydrogen-bond donors (Lipinski definition) is 1. The summed E-state index contributed by atoms with van der Waals surface area (Å²) in [5, 5.41) is 3.48. The molecule has 0 aliphatic heterocycles. The first-order valence-corrected chi connectivity index (χ1v) is 7.67. The first-order valence-electron chi connectivity index (χ1n) is 6.88. The zero-order chi connectivity index (χ0) is 13.5. The normalized spacial score (nSPS) is 14.6. The highest BCUT2D eigenvalue weighted by Gasteiger charge is 2.20. The molecule has 1 N–H and O–H groups in total. The molecular weight excluding hydrogens is 308 g/mol. The molecule has 106 valence electrons. The molecule has 2 rings (SSSR count). The molecule has 1 saturated carbocycles. The molecule has 1 aliphatic carbocycles. The molecule has 0 atom stereocenters. The molecule has 1 heterocycles. The summed E-state index contributed by atoms with van der Waals surface area (Å²) < 4.78 is 12.1. The lowest BCUT2D eigenvalue weighted by molar-refractivity contribution is 0.0986. The van der Waals surface area contributed by atoms with Crippen molar-refractivity contribution in [2.75, 3.05) is 19.8 Å². The van der Waals surface area contributed by atoms with Gasteiger partial charge in [0.05, 0.1) is 6.61 Å². The lowest BCUT2D eigenvalue weighted by Gasteiger charge is -2.11. The summed E-state index contributed by atoms with van der Waals surface area (Å²) in [5.41, 5.74) is 1.09. The van der Waals surface area contributed by atoms with Gasteiger partial charge >= 0.3 is 0 Å². The van der Waals surface area contributed by atoms with Gasteiger partial charge in [-0.1, -0.05) is 6.92 Å². The zero-order valence-corrected chi connectivity index (χ0v) is 12.9. The molecule has 19 heavy (non-hydrogen) atoms. The average molecular weight is 329 g/mol. The van der Waals surface area contributed by atoms with Gasteiger partial charge in [0, 0.05) is 35.4 Å². The van der Waals surface area contributed by atoms with Gasteiger partial charge in [-0.3, -0.25) is 0 Å². The predicted molar refractivity (Wildman–Crippen MR) is 78.4 cm³/mol. The first-order chi connectivity index (χ1) is 9.29. The Balaban J connectivity index is 1.82. The van der Waals surface area contributed by atoms with Gasteiger partial charge in [-0.05, 0) is 41.3 Å². The van der Waals surface area contributed by atoms with Crippen LogP contribution in [0.1, 0.15) is 31.7 Å². The maximum Gasteiger partial charge on any atom is 0.217 e. The Morgan fingerprint density at radius 1 is 1.37 bits per heavy atom. The van der Waals surface area contributed by atoms with Crippen molar-refractivity contribution in [3.8, 4) is 5.88 Å². The molecule has 1 aromatic rings. The largest absolute Gasteiger partial charge is 0.475 e. The third-order valence-corrected chi connectivity index (χ3v) is 3.30. The molecule has 4 nitrogen and oxygen atoms in total. The Bertz CT molecular complexity index is 397. The number of halogens is 1. The van der Waals surface area contributed by atoms with E-state index >= 15 is 0 Å². The summed E-state index contributed by atoms with van der Waals surface area (Å²) >= 11 is 3.45. The molecule has 0 spiro atoms. The number of nitrogens with one attached hydrogen (secondary N) is 1. The van der Waals surface area contributed by atoms with Crippen LogP contribution in [0.5, 0.6) is 5.88 Å². The topological polar surface area (TPSA) is 43.4 Å². The number of rotatable bonds is 9. The van der Waals surface area contributed by atoms with E-state index in [1.165, 1.54) is 12.8 Å². The summed E-state index contributed by atoms with van der Waals surface area (Å²) in [4.78, 5) is 4.33. The zero-order valence-electron chi connectivity index (χ0n) is 11.3. The molecule has 0 saturated heterocycles. The molecule has 0 aromatic carbocycles. The van der Waals surface area contributed by atoms with E-state index in [1.807, 2.05) is 0 Å². The van der Waals surface area contributed by atoms with Crippen molar-refractivity contribution < 1.29 is 9.47 Å². The lowest BCUT2D eigenvalue weighted by Crippen LogP contribution is -2.17. The summed E-state index contributed by atoms with van der Waals surface area (Å²) in [6.07, 6.45) is 5.36. The fourth-order valence-corrected chi connectivity index (χ4v) is 2.09. The number of pyridine rings is 1. The van der Waals surface area contributed by atoms with Crippen molar-refractivity contribution in [1.82, 2.24) is 10.3 Å². The quantitative estimate of drug-likeness (QED) is 0.708. The third kappa shape index (κ3) is 5.47. The summed E-state index contributed by atoms with van der Waals surface area (Å²) in [5.74, 6) is 0.705. The van der Waals surface area contributed by atoms with Gasteiger partial charge in [0.1, 0.15) is 6.61 Å². The minimum absolute atomic E-state index is 0.547. The van der Waals surface area contributed by atoms with Gasteiger partial charge in [0.15, 0.2) is 0 Å². The van der Waals surface area contributed by atoms with Crippen LogP contribution in [0, 0.1) is 0 Å². The molecule has 1 aromatic heterocycles. The van der Waals surface area contributed by atoms with Crippen LogP contribution >= 0.6 is 15.9 Å². The maximum atomic E-state index is 5.69. The van der Waals surface area contributed by atoms with Gasteiger partial charge in [0.25, 0.3) is 0 Å². The molecule has 5 heteroatoms. The third-order valence-electron chi connectivity index (χ3n) is 2.87. The van der Waals surface area contributed by atoms with Crippen molar-refractivity contribution in [1.29, 1.82) is 0 Å². The van der Waals surface area contributed by atoms with Crippen LogP contribution in [0.3, 0.4) is 0 Å². The summed E-state index contributed by atoms with van der Waals surface area (Å²) in [6.45, 7) is 4.85. The fraction of sp³-hybridized carbons (Fsp3) is 0.643. The van der Waals surface area contributed by atoms with Crippen LogP contribution in [0.25, 0.3) is 0 Å². The van der Waals surface area contributed by atoms with E-state index in [0.717, 1.165) is 29.6 Å².